The van der Waals surface area contributed by atoms with Gasteiger partial charge in [-0.15, -0.1) is 0 Å². The Labute approximate surface area is 113 Å². The van der Waals surface area contributed by atoms with E-state index in [2.05, 4.69) is 24.5 Å². The number of benzene rings is 1. The van der Waals surface area contributed by atoms with Crippen molar-refractivity contribution in [3.8, 4) is 0 Å². The number of hydrogen-bond acceptors (Lipinski definition) is 1. The van der Waals surface area contributed by atoms with E-state index in [1.807, 2.05) is 0 Å². The van der Waals surface area contributed by atoms with Crippen LogP contribution in [0, 0.1) is 17.7 Å². The maximum absolute atomic E-state index is 12.8. The average Bonchev–Trinajstić information content (AvgIpc) is 2.38. The summed E-state index contributed by atoms with van der Waals surface area (Å²) < 4.78 is 12.8. The number of anilines is 1. The Balaban J connectivity index is 1.88. The fraction of sp³-hybridized carbons (Fsp3) is 0.533. The van der Waals surface area contributed by atoms with Crippen LogP contribution in [-0.4, -0.2) is 12.1 Å². The zero-order chi connectivity index (χ0) is 13.8. The molecule has 3 nitrogen and oxygen atoms in total. The lowest BCUT2D eigenvalue weighted by molar-refractivity contribution is 0.201. The second-order valence-electron chi connectivity index (χ2n) is 5.48. The van der Waals surface area contributed by atoms with Gasteiger partial charge in [0.25, 0.3) is 0 Å². The molecule has 0 radical (unpaired) electrons. The lowest BCUT2D eigenvalue weighted by Crippen LogP contribution is -2.45. The molecule has 2 amide bonds. The van der Waals surface area contributed by atoms with Gasteiger partial charge in [-0.1, -0.05) is 26.7 Å². The molecule has 1 aromatic carbocycles. The summed E-state index contributed by atoms with van der Waals surface area (Å²) in [5, 5.41) is 5.75. The van der Waals surface area contributed by atoms with E-state index in [1.54, 1.807) is 12.1 Å². The highest BCUT2D eigenvalue weighted by Crippen LogP contribution is 2.29. The summed E-state index contributed by atoms with van der Waals surface area (Å²) in [5.41, 5.74) is 0.607. The normalized spacial score (nSPS) is 26.8. The summed E-state index contributed by atoms with van der Waals surface area (Å²) in [6.45, 7) is 4.42. The van der Waals surface area contributed by atoms with Gasteiger partial charge in [-0.3, -0.25) is 0 Å². The van der Waals surface area contributed by atoms with E-state index < -0.39 is 0 Å². The molecule has 1 aromatic rings. The van der Waals surface area contributed by atoms with Crippen molar-refractivity contribution >= 4 is 11.7 Å². The Hall–Kier alpha value is -1.58. The van der Waals surface area contributed by atoms with Gasteiger partial charge in [0.2, 0.25) is 0 Å². The molecular weight excluding hydrogens is 243 g/mol. The van der Waals surface area contributed by atoms with Gasteiger partial charge >= 0.3 is 6.03 Å². The molecule has 19 heavy (non-hydrogen) atoms. The average molecular weight is 264 g/mol. The number of halogens is 1. The third kappa shape index (κ3) is 3.69. The van der Waals surface area contributed by atoms with Gasteiger partial charge in [-0.2, -0.15) is 0 Å². The zero-order valence-electron chi connectivity index (χ0n) is 11.4. The summed E-state index contributed by atoms with van der Waals surface area (Å²) in [6.07, 6.45) is 3.42. The minimum Gasteiger partial charge on any atom is -0.335 e. The zero-order valence-corrected chi connectivity index (χ0v) is 11.4. The number of rotatable bonds is 2. The highest BCUT2D eigenvalue weighted by molar-refractivity contribution is 5.89. The predicted molar refractivity (Wildman–Crippen MR) is 74.5 cm³/mol. The van der Waals surface area contributed by atoms with Crippen LogP contribution in [0.1, 0.15) is 33.1 Å². The van der Waals surface area contributed by atoms with Gasteiger partial charge in [0.15, 0.2) is 0 Å². The molecular formula is C15H21FN2O. The highest BCUT2D eigenvalue weighted by Gasteiger charge is 2.28. The Morgan fingerprint density at radius 3 is 2.58 bits per heavy atom. The molecule has 3 atom stereocenters. The van der Waals surface area contributed by atoms with Gasteiger partial charge in [0, 0.05) is 11.7 Å². The van der Waals surface area contributed by atoms with Crippen molar-refractivity contribution in [2.24, 2.45) is 11.8 Å². The third-order valence-electron chi connectivity index (χ3n) is 4.13. The molecule has 0 bridgehead atoms. The fourth-order valence-electron chi connectivity index (χ4n) is 2.65. The van der Waals surface area contributed by atoms with Crippen LogP contribution >= 0.6 is 0 Å². The molecule has 4 heteroatoms. The first-order valence-corrected chi connectivity index (χ1v) is 6.89. The molecule has 0 aromatic heterocycles. The topological polar surface area (TPSA) is 41.1 Å². The van der Waals surface area contributed by atoms with Crippen molar-refractivity contribution in [1.82, 2.24) is 5.32 Å². The van der Waals surface area contributed by atoms with Crippen LogP contribution in [0.15, 0.2) is 24.3 Å². The predicted octanol–water partition coefficient (Wildman–Crippen LogP) is 3.77. The van der Waals surface area contributed by atoms with Gasteiger partial charge in [0.1, 0.15) is 5.82 Å². The van der Waals surface area contributed by atoms with Crippen LogP contribution in [0.5, 0.6) is 0 Å². The van der Waals surface area contributed by atoms with Crippen LogP contribution in [0.2, 0.25) is 0 Å². The van der Waals surface area contributed by atoms with Gasteiger partial charge in [0.05, 0.1) is 0 Å². The molecule has 104 valence electrons. The van der Waals surface area contributed by atoms with E-state index in [4.69, 9.17) is 0 Å². The second-order valence-corrected chi connectivity index (χ2v) is 5.48. The van der Waals surface area contributed by atoms with E-state index in [9.17, 15) is 9.18 Å². The van der Waals surface area contributed by atoms with Crippen LogP contribution in [0.3, 0.4) is 0 Å². The SMILES string of the molecule is C[C@H]1[C@H](C)CCC[C@@H]1NC(=O)Nc1ccc(F)cc1. The van der Waals surface area contributed by atoms with Crippen LogP contribution in [-0.2, 0) is 0 Å². The smallest absolute Gasteiger partial charge is 0.319 e. The third-order valence-corrected chi connectivity index (χ3v) is 4.13. The van der Waals surface area contributed by atoms with Crippen molar-refractivity contribution in [1.29, 1.82) is 0 Å². The molecule has 0 saturated heterocycles. The lowest BCUT2D eigenvalue weighted by Gasteiger charge is -2.34. The molecule has 0 spiro atoms. The lowest BCUT2D eigenvalue weighted by atomic mass is 9.78. The van der Waals surface area contributed by atoms with Gasteiger partial charge in [-0.05, 0) is 42.5 Å². The number of hydrogen-bond donors (Lipinski definition) is 2. The van der Waals surface area contributed by atoms with E-state index in [0.29, 0.717) is 17.5 Å². The molecule has 0 aliphatic heterocycles. The second kappa shape index (κ2) is 6.04. The van der Waals surface area contributed by atoms with E-state index in [-0.39, 0.29) is 17.9 Å². The molecule has 0 heterocycles. The van der Waals surface area contributed by atoms with Crippen molar-refractivity contribution < 1.29 is 9.18 Å². The molecule has 1 saturated carbocycles. The molecule has 2 N–H and O–H groups in total. The van der Waals surface area contributed by atoms with Crippen LogP contribution < -0.4 is 10.6 Å². The number of carbonyl (C=O) groups is 1. The number of amides is 2. The number of nitrogens with one attached hydrogen (secondary N) is 2. The summed E-state index contributed by atoms with van der Waals surface area (Å²) in [5.74, 6) is 0.832. The van der Waals surface area contributed by atoms with Crippen LogP contribution in [0.25, 0.3) is 0 Å². The highest BCUT2D eigenvalue weighted by atomic mass is 19.1. The first-order valence-electron chi connectivity index (χ1n) is 6.89. The molecule has 1 aliphatic rings. The maximum Gasteiger partial charge on any atom is 0.319 e. The van der Waals surface area contributed by atoms with E-state index in [0.717, 1.165) is 12.8 Å². The van der Waals surface area contributed by atoms with Crippen molar-refractivity contribution in [3.05, 3.63) is 30.1 Å². The standard InChI is InChI=1S/C15H21FN2O/c1-10-4-3-5-14(11(10)2)18-15(19)17-13-8-6-12(16)7-9-13/h6-11,14H,3-5H2,1-2H3,(H2,17,18,19)/t10-,11+,14+/m1/s1. The molecule has 2 rings (SSSR count). The fourth-order valence-corrected chi connectivity index (χ4v) is 2.65. The van der Waals surface area contributed by atoms with Gasteiger partial charge in [-0.25, -0.2) is 9.18 Å². The summed E-state index contributed by atoms with van der Waals surface area (Å²) in [4.78, 5) is 11.9. The minimum atomic E-state index is -0.305. The Morgan fingerprint density at radius 1 is 1.21 bits per heavy atom. The number of carbonyl (C=O) groups excluding carboxylic acids is 1. The molecule has 1 fully saturated rings. The molecule has 1 aliphatic carbocycles. The van der Waals surface area contributed by atoms with Crippen molar-refractivity contribution in [2.75, 3.05) is 5.32 Å². The first-order chi connectivity index (χ1) is 9.06. The quantitative estimate of drug-likeness (QED) is 0.838. The van der Waals surface area contributed by atoms with E-state index in [1.165, 1.54) is 18.6 Å². The monoisotopic (exact) mass is 264 g/mol. The van der Waals surface area contributed by atoms with Crippen molar-refractivity contribution in [3.63, 3.8) is 0 Å². The van der Waals surface area contributed by atoms with Crippen LogP contribution in [0.4, 0.5) is 14.9 Å². The van der Waals surface area contributed by atoms with Gasteiger partial charge < -0.3 is 10.6 Å². The van der Waals surface area contributed by atoms with E-state index >= 15 is 0 Å². The Morgan fingerprint density at radius 2 is 1.89 bits per heavy atom. The number of urea groups is 1. The summed E-state index contributed by atoms with van der Waals surface area (Å²) in [6, 6.07) is 5.80. The summed E-state index contributed by atoms with van der Waals surface area (Å²) >= 11 is 0. The largest absolute Gasteiger partial charge is 0.335 e. The summed E-state index contributed by atoms with van der Waals surface area (Å²) in [7, 11) is 0. The minimum absolute atomic E-state index is 0.211. The van der Waals surface area contributed by atoms with Crippen molar-refractivity contribution in [2.45, 2.75) is 39.2 Å². The Bertz CT molecular complexity index is 432. The maximum atomic E-state index is 12.8. The first kappa shape index (κ1) is 13.8. The Kier molecular flexibility index (Phi) is 4.40. The molecule has 0 unspecified atom stereocenters.